The molecule has 1 atom stereocenters. The van der Waals surface area contributed by atoms with Crippen LogP contribution in [0.3, 0.4) is 0 Å². The fraction of sp³-hybridized carbons (Fsp3) is 0.286. The Morgan fingerprint density at radius 3 is 2.69 bits per heavy atom. The minimum Gasteiger partial charge on any atom is -0.494 e. The lowest BCUT2D eigenvalue weighted by Crippen LogP contribution is -2.14. The quantitative estimate of drug-likeness (QED) is 0.433. The van der Waals surface area contributed by atoms with Crippen LogP contribution in [0.4, 0.5) is 5.69 Å². The van der Waals surface area contributed by atoms with Gasteiger partial charge in [-0.15, -0.1) is 0 Å². The summed E-state index contributed by atoms with van der Waals surface area (Å²) in [4.78, 5) is 4.30. The normalized spacial score (nSPS) is 12.8. The second-order valence-electron chi connectivity index (χ2n) is 7.15. The van der Waals surface area contributed by atoms with Crippen LogP contribution in [0.2, 0.25) is 0 Å². The molecule has 1 aromatic carbocycles. The number of nitrogens with zero attached hydrogens (tertiary/aromatic N) is 5. The van der Waals surface area contributed by atoms with Crippen molar-refractivity contribution in [2.45, 2.75) is 24.3 Å². The number of methoxy groups -OCH3 is 2. The van der Waals surface area contributed by atoms with Gasteiger partial charge in [0.2, 0.25) is 0 Å². The average molecular weight is 457 g/mol. The van der Waals surface area contributed by atoms with E-state index in [4.69, 9.17) is 9.47 Å². The van der Waals surface area contributed by atoms with Crippen molar-refractivity contribution in [2.75, 3.05) is 18.9 Å². The summed E-state index contributed by atoms with van der Waals surface area (Å²) >= 11 is 0. The average Bonchev–Trinajstić information content (AvgIpc) is 3.43. The smallest absolute Gasteiger partial charge is 0.265 e. The standard InChI is InChI=1S/C21H24N6O4S/c1-5-17(30-3)14-8-9-22-19(10-14)27-13-16(12-24-27)32(28,29)25-20-18(31-4)7-6-15-11-23-26(2)21(15)20/h6-13,17,25H,5H2,1-4H3. The number of pyridine rings is 1. The summed E-state index contributed by atoms with van der Waals surface area (Å²) in [6.45, 7) is 2.02. The van der Waals surface area contributed by atoms with E-state index < -0.39 is 10.0 Å². The molecule has 0 aliphatic carbocycles. The molecule has 32 heavy (non-hydrogen) atoms. The summed E-state index contributed by atoms with van der Waals surface area (Å²) in [7, 11) is 0.904. The second-order valence-corrected chi connectivity index (χ2v) is 8.84. The van der Waals surface area contributed by atoms with Gasteiger partial charge in [0.05, 0.1) is 37.3 Å². The van der Waals surface area contributed by atoms with Gasteiger partial charge < -0.3 is 9.47 Å². The maximum absolute atomic E-state index is 13.2. The largest absolute Gasteiger partial charge is 0.494 e. The molecule has 11 heteroatoms. The summed E-state index contributed by atoms with van der Waals surface area (Å²) in [6, 6.07) is 7.21. The minimum absolute atomic E-state index is 0.00953. The molecule has 3 aromatic heterocycles. The lowest BCUT2D eigenvalue weighted by Gasteiger charge is -2.14. The van der Waals surface area contributed by atoms with Crippen molar-refractivity contribution in [2.24, 2.45) is 7.05 Å². The second kappa shape index (κ2) is 8.60. The van der Waals surface area contributed by atoms with E-state index in [2.05, 4.69) is 19.9 Å². The zero-order chi connectivity index (χ0) is 22.9. The zero-order valence-corrected chi connectivity index (χ0v) is 19.0. The van der Waals surface area contributed by atoms with Crippen LogP contribution in [0.15, 0.2) is 53.9 Å². The highest BCUT2D eigenvalue weighted by atomic mass is 32.2. The minimum atomic E-state index is -3.96. The number of fused-ring (bicyclic) bond motifs is 1. The van der Waals surface area contributed by atoms with E-state index >= 15 is 0 Å². The third kappa shape index (κ3) is 3.92. The SMILES string of the molecule is CCC(OC)c1ccnc(-n2cc(S(=O)(=O)Nc3c(OC)ccc4cnn(C)c34)cn2)c1. The fourth-order valence-electron chi connectivity index (χ4n) is 3.58. The highest BCUT2D eigenvalue weighted by molar-refractivity contribution is 7.92. The van der Waals surface area contributed by atoms with Crippen LogP contribution in [-0.4, -0.2) is 47.2 Å². The number of rotatable bonds is 8. The van der Waals surface area contributed by atoms with Crippen LogP contribution in [0.5, 0.6) is 5.75 Å². The third-order valence-electron chi connectivity index (χ3n) is 5.22. The van der Waals surface area contributed by atoms with Gasteiger partial charge in [0.15, 0.2) is 5.82 Å². The van der Waals surface area contributed by atoms with Gasteiger partial charge >= 0.3 is 0 Å². The van der Waals surface area contributed by atoms with Gasteiger partial charge in [-0.25, -0.2) is 18.1 Å². The van der Waals surface area contributed by atoms with Crippen LogP contribution in [0.25, 0.3) is 16.7 Å². The van der Waals surface area contributed by atoms with Gasteiger partial charge in [0.25, 0.3) is 10.0 Å². The first-order valence-corrected chi connectivity index (χ1v) is 11.4. The van der Waals surface area contributed by atoms with Crippen LogP contribution < -0.4 is 9.46 Å². The molecule has 0 fully saturated rings. The molecule has 0 aliphatic heterocycles. The highest BCUT2D eigenvalue weighted by Gasteiger charge is 2.22. The summed E-state index contributed by atoms with van der Waals surface area (Å²) in [5.41, 5.74) is 1.86. The van der Waals surface area contributed by atoms with E-state index in [1.807, 2.05) is 25.1 Å². The number of nitrogens with one attached hydrogen (secondary N) is 1. The summed E-state index contributed by atoms with van der Waals surface area (Å²) < 4.78 is 42.8. The molecule has 10 nitrogen and oxygen atoms in total. The molecule has 0 bridgehead atoms. The Morgan fingerprint density at radius 1 is 1.16 bits per heavy atom. The van der Waals surface area contributed by atoms with E-state index in [0.717, 1.165) is 17.4 Å². The van der Waals surface area contributed by atoms with Gasteiger partial charge in [0, 0.05) is 25.7 Å². The van der Waals surface area contributed by atoms with Crippen molar-refractivity contribution in [3.05, 3.63) is 54.6 Å². The Kier molecular flexibility index (Phi) is 5.85. The molecular weight excluding hydrogens is 432 g/mol. The molecule has 1 N–H and O–H groups in total. The Bertz CT molecular complexity index is 1360. The van der Waals surface area contributed by atoms with E-state index in [0.29, 0.717) is 22.8 Å². The Labute approximate surface area is 185 Å². The maximum Gasteiger partial charge on any atom is 0.265 e. The molecule has 4 aromatic rings. The number of anilines is 1. The van der Waals surface area contributed by atoms with Crippen LogP contribution >= 0.6 is 0 Å². The van der Waals surface area contributed by atoms with E-state index in [9.17, 15) is 8.42 Å². The first-order chi connectivity index (χ1) is 15.4. The fourth-order valence-corrected chi connectivity index (χ4v) is 4.59. The maximum atomic E-state index is 13.2. The summed E-state index contributed by atoms with van der Waals surface area (Å²) in [5.74, 6) is 0.877. The predicted molar refractivity (Wildman–Crippen MR) is 119 cm³/mol. The van der Waals surface area contributed by atoms with Gasteiger partial charge in [-0.1, -0.05) is 6.92 Å². The molecule has 0 spiro atoms. The Balaban J connectivity index is 1.69. The van der Waals surface area contributed by atoms with Gasteiger partial charge in [0.1, 0.15) is 16.3 Å². The number of aryl methyl sites for hydroxylation is 1. The highest BCUT2D eigenvalue weighted by Crippen LogP contribution is 2.34. The van der Waals surface area contributed by atoms with Crippen LogP contribution in [0, 0.1) is 0 Å². The van der Waals surface area contributed by atoms with Crippen molar-refractivity contribution in [1.29, 1.82) is 0 Å². The van der Waals surface area contributed by atoms with Crippen molar-refractivity contribution >= 4 is 26.6 Å². The molecular formula is C21H24N6O4S. The number of ether oxygens (including phenoxy) is 2. The number of sulfonamides is 1. The van der Waals surface area contributed by atoms with E-state index in [1.165, 1.54) is 24.2 Å². The van der Waals surface area contributed by atoms with Gasteiger partial charge in [-0.05, 0) is 36.2 Å². The Hall–Kier alpha value is -3.44. The van der Waals surface area contributed by atoms with Crippen LogP contribution in [0.1, 0.15) is 25.0 Å². The zero-order valence-electron chi connectivity index (χ0n) is 18.2. The predicted octanol–water partition coefficient (Wildman–Crippen LogP) is 3.06. The molecule has 0 saturated heterocycles. The lowest BCUT2D eigenvalue weighted by molar-refractivity contribution is 0.0999. The lowest BCUT2D eigenvalue weighted by atomic mass is 10.1. The van der Waals surface area contributed by atoms with Crippen molar-refractivity contribution in [3.8, 4) is 11.6 Å². The molecule has 4 rings (SSSR count). The monoisotopic (exact) mass is 456 g/mol. The molecule has 0 aliphatic rings. The molecule has 3 heterocycles. The molecule has 168 valence electrons. The number of aromatic nitrogens is 5. The number of benzene rings is 1. The topological polar surface area (TPSA) is 113 Å². The van der Waals surface area contributed by atoms with Crippen molar-refractivity contribution < 1.29 is 17.9 Å². The van der Waals surface area contributed by atoms with Gasteiger partial charge in [-0.2, -0.15) is 10.2 Å². The third-order valence-corrected chi connectivity index (χ3v) is 6.53. The van der Waals surface area contributed by atoms with E-state index in [-0.39, 0.29) is 11.0 Å². The summed E-state index contributed by atoms with van der Waals surface area (Å²) in [5, 5.41) is 9.19. The first-order valence-electron chi connectivity index (χ1n) is 9.93. The van der Waals surface area contributed by atoms with Crippen molar-refractivity contribution in [3.63, 3.8) is 0 Å². The number of hydrogen-bond acceptors (Lipinski definition) is 7. The molecule has 0 radical (unpaired) electrons. The van der Waals surface area contributed by atoms with E-state index in [1.54, 1.807) is 37.3 Å². The first kappa shape index (κ1) is 21.8. The summed E-state index contributed by atoms with van der Waals surface area (Å²) in [6.07, 6.45) is 6.72. The molecule has 0 saturated carbocycles. The Morgan fingerprint density at radius 2 is 1.97 bits per heavy atom. The number of hydrogen-bond donors (Lipinski definition) is 1. The van der Waals surface area contributed by atoms with Gasteiger partial charge in [-0.3, -0.25) is 9.40 Å². The van der Waals surface area contributed by atoms with Crippen LogP contribution in [-0.2, 0) is 21.8 Å². The molecule has 0 amide bonds. The molecule has 1 unspecified atom stereocenters. The van der Waals surface area contributed by atoms with Crippen molar-refractivity contribution in [1.82, 2.24) is 24.5 Å².